The van der Waals surface area contributed by atoms with Gasteiger partial charge in [-0.25, -0.2) is 0 Å². The normalized spacial score (nSPS) is 28.4. The van der Waals surface area contributed by atoms with Gasteiger partial charge in [-0.1, -0.05) is 24.3 Å². The number of carbonyl (C=O) groups excluding carboxylic acids is 1. The van der Waals surface area contributed by atoms with Gasteiger partial charge in [0.1, 0.15) is 5.75 Å². The summed E-state index contributed by atoms with van der Waals surface area (Å²) in [7, 11) is 1.79. The van der Waals surface area contributed by atoms with Crippen LogP contribution in [0.4, 0.5) is 5.69 Å². The van der Waals surface area contributed by atoms with Crippen LogP contribution < -0.4 is 15.0 Å². The summed E-state index contributed by atoms with van der Waals surface area (Å²) in [6.07, 6.45) is 8.21. The van der Waals surface area contributed by atoms with Gasteiger partial charge in [-0.2, -0.15) is 0 Å². The van der Waals surface area contributed by atoms with E-state index in [2.05, 4.69) is 40.5 Å². The van der Waals surface area contributed by atoms with Crippen molar-refractivity contribution in [2.45, 2.75) is 69.1 Å². The fourth-order valence-electron chi connectivity index (χ4n) is 6.65. The SMILES string of the molecule is COc1cccc(Cc2ccc(C(=O)N3CCCC3)cc2)c1N1C2CCC3NC2CCC31. The summed E-state index contributed by atoms with van der Waals surface area (Å²) in [5, 5.41) is 3.88. The number of benzene rings is 2. The number of nitrogens with zero attached hydrogens (tertiary/aromatic N) is 2. The number of carbonyl (C=O) groups is 1. The number of nitrogens with one attached hydrogen (secondary N) is 1. The Hall–Kier alpha value is -2.53. The van der Waals surface area contributed by atoms with Crippen LogP contribution in [0.15, 0.2) is 42.5 Å². The van der Waals surface area contributed by atoms with Gasteiger partial charge >= 0.3 is 0 Å². The molecule has 6 saturated heterocycles. The van der Waals surface area contributed by atoms with Crippen molar-refractivity contribution < 1.29 is 9.53 Å². The van der Waals surface area contributed by atoms with Gasteiger partial charge in [0.2, 0.25) is 0 Å². The van der Waals surface area contributed by atoms with Crippen molar-refractivity contribution in [3.63, 3.8) is 0 Å². The molecule has 4 atom stereocenters. The number of likely N-dealkylation sites (tertiary alicyclic amines) is 1. The number of para-hydroxylation sites is 1. The topological polar surface area (TPSA) is 44.8 Å². The highest BCUT2D eigenvalue weighted by molar-refractivity contribution is 5.94. The molecule has 1 amide bonds. The molecule has 4 unspecified atom stereocenters. The molecule has 2 aromatic carbocycles. The molecule has 8 rings (SSSR count). The lowest BCUT2D eigenvalue weighted by Gasteiger charge is -2.61. The fourth-order valence-corrected chi connectivity index (χ4v) is 6.65. The highest BCUT2D eigenvalue weighted by Crippen LogP contribution is 2.47. The molecule has 6 fully saturated rings. The molecule has 0 radical (unpaired) electrons. The first-order valence-electron chi connectivity index (χ1n) is 12.3. The van der Waals surface area contributed by atoms with E-state index in [9.17, 15) is 4.79 Å². The zero-order chi connectivity index (χ0) is 21.7. The molecule has 4 bridgehead atoms. The van der Waals surface area contributed by atoms with Crippen LogP contribution in [0.5, 0.6) is 5.75 Å². The van der Waals surface area contributed by atoms with E-state index < -0.39 is 0 Å². The van der Waals surface area contributed by atoms with Crippen molar-refractivity contribution in [2.24, 2.45) is 0 Å². The quantitative estimate of drug-likeness (QED) is 0.778. The monoisotopic (exact) mass is 431 g/mol. The first-order valence-corrected chi connectivity index (χ1v) is 12.3. The maximum atomic E-state index is 12.7. The molecule has 5 nitrogen and oxygen atoms in total. The molecule has 0 spiro atoms. The standard InChI is InChI=1S/C27H33N3O2/c1-32-25-6-4-5-20(26(25)30-23-13-11-21-24(30)14-12-22(23)28-21)17-18-7-9-19(10-8-18)27(31)29-15-2-3-16-29/h4-10,21-24,28H,2-3,11-17H2,1H3. The maximum Gasteiger partial charge on any atom is 0.253 e. The van der Waals surface area contributed by atoms with Crippen LogP contribution in [-0.4, -0.2) is 55.2 Å². The van der Waals surface area contributed by atoms with Gasteiger partial charge in [0.05, 0.1) is 12.8 Å². The lowest BCUT2D eigenvalue weighted by atomic mass is 9.72. The van der Waals surface area contributed by atoms with Gasteiger partial charge in [-0.3, -0.25) is 4.79 Å². The van der Waals surface area contributed by atoms with Crippen LogP contribution in [-0.2, 0) is 6.42 Å². The van der Waals surface area contributed by atoms with Crippen molar-refractivity contribution in [2.75, 3.05) is 25.1 Å². The number of anilines is 1. The largest absolute Gasteiger partial charge is 0.495 e. The van der Waals surface area contributed by atoms with E-state index in [1.165, 1.54) is 42.5 Å². The maximum absolute atomic E-state index is 12.7. The van der Waals surface area contributed by atoms with Crippen LogP contribution in [0, 0.1) is 0 Å². The molecule has 1 N–H and O–H groups in total. The summed E-state index contributed by atoms with van der Waals surface area (Å²) in [6.45, 7) is 1.78. The molecule has 0 saturated carbocycles. The molecule has 6 heterocycles. The molecule has 6 aliphatic heterocycles. The first-order chi connectivity index (χ1) is 15.7. The van der Waals surface area contributed by atoms with E-state index in [-0.39, 0.29) is 5.91 Å². The number of methoxy groups -OCH3 is 1. The highest BCUT2D eigenvalue weighted by Gasteiger charge is 2.51. The Kier molecular flexibility index (Phi) is 5.09. The molecule has 6 aliphatic rings. The number of rotatable bonds is 5. The Labute approximate surface area is 190 Å². The molecule has 168 valence electrons. The van der Waals surface area contributed by atoms with Crippen molar-refractivity contribution in [1.29, 1.82) is 0 Å². The zero-order valence-electron chi connectivity index (χ0n) is 18.9. The Morgan fingerprint density at radius 3 is 2.31 bits per heavy atom. The highest BCUT2D eigenvalue weighted by atomic mass is 16.5. The number of hydrogen-bond acceptors (Lipinski definition) is 4. The Bertz CT molecular complexity index is 980. The Morgan fingerprint density at radius 1 is 0.969 bits per heavy atom. The number of fused-ring (bicyclic) bond motifs is 2. The number of piperidine rings is 4. The van der Waals surface area contributed by atoms with Crippen molar-refractivity contribution >= 4 is 11.6 Å². The Morgan fingerprint density at radius 2 is 1.66 bits per heavy atom. The number of hydrogen-bond donors (Lipinski definition) is 1. The second kappa shape index (κ2) is 8.11. The summed E-state index contributed by atoms with van der Waals surface area (Å²) in [4.78, 5) is 17.4. The van der Waals surface area contributed by atoms with Crippen LogP contribution >= 0.6 is 0 Å². The molecule has 0 aliphatic carbocycles. The van der Waals surface area contributed by atoms with E-state index >= 15 is 0 Å². The average molecular weight is 432 g/mol. The predicted octanol–water partition coefficient (Wildman–Crippen LogP) is 3.99. The lowest BCUT2D eigenvalue weighted by Crippen LogP contribution is -2.74. The second-order valence-electron chi connectivity index (χ2n) is 9.92. The van der Waals surface area contributed by atoms with E-state index in [1.54, 1.807) is 7.11 Å². The third-order valence-electron chi connectivity index (χ3n) is 8.17. The minimum Gasteiger partial charge on any atom is -0.495 e. The molecule has 2 aromatic rings. The van der Waals surface area contributed by atoms with E-state index in [1.807, 2.05) is 17.0 Å². The molecular formula is C27H33N3O2. The minimum absolute atomic E-state index is 0.170. The molecular weight excluding hydrogens is 398 g/mol. The number of amides is 1. The first kappa shape index (κ1) is 20.1. The van der Waals surface area contributed by atoms with Crippen molar-refractivity contribution in [3.05, 3.63) is 59.2 Å². The Balaban J connectivity index is 1.29. The number of ether oxygens (including phenoxy) is 1. The van der Waals surface area contributed by atoms with E-state index in [4.69, 9.17) is 4.74 Å². The fraction of sp³-hybridized carbons (Fsp3) is 0.519. The lowest BCUT2D eigenvalue weighted by molar-refractivity contribution is 0.0793. The summed E-state index contributed by atoms with van der Waals surface area (Å²) in [5.74, 6) is 1.16. The average Bonchev–Trinajstić information content (AvgIpc) is 3.39. The molecule has 0 aromatic heterocycles. The summed E-state index contributed by atoms with van der Waals surface area (Å²) < 4.78 is 5.89. The third kappa shape index (κ3) is 3.29. The van der Waals surface area contributed by atoms with Crippen molar-refractivity contribution in [1.82, 2.24) is 10.2 Å². The third-order valence-corrected chi connectivity index (χ3v) is 8.17. The van der Waals surface area contributed by atoms with Gasteiger partial charge in [0, 0.05) is 42.8 Å². The van der Waals surface area contributed by atoms with Crippen LogP contribution in [0.2, 0.25) is 0 Å². The zero-order valence-corrected chi connectivity index (χ0v) is 18.9. The van der Waals surface area contributed by atoms with Gasteiger partial charge in [-0.15, -0.1) is 0 Å². The number of piperazine rings is 1. The van der Waals surface area contributed by atoms with Gasteiger partial charge < -0.3 is 19.9 Å². The summed E-state index contributed by atoms with van der Waals surface area (Å²) in [5.41, 5.74) is 4.65. The predicted molar refractivity (Wildman–Crippen MR) is 127 cm³/mol. The van der Waals surface area contributed by atoms with E-state index in [0.29, 0.717) is 24.2 Å². The van der Waals surface area contributed by atoms with Crippen LogP contribution in [0.3, 0.4) is 0 Å². The van der Waals surface area contributed by atoms with Gasteiger partial charge in [0.25, 0.3) is 5.91 Å². The van der Waals surface area contributed by atoms with E-state index in [0.717, 1.165) is 43.7 Å². The van der Waals surface area contributed by atoms with Crippen LogP contribution in [0.1, 0.15) is 60.0 Å². The van der Waals surface area contributed by atoms with Crippen molar-refractivity contribution in [3.8, 4) is 5.75 Å². The summed E-state index contributed by atoms with van der Waals surface area (Å²) in [6, 6.07) is 17.1. The minimum atomic E-state index is 0.170. The molecule has 5 heteroatoms. The van der Waals surface area contributed by atoms with Crippen LogP contribution in [0.25, 0.3) is 0 Å². The molecule has 32 heavy (non-hydrogen) atoms. The second-order valence-corrected chi connectivity index (χ2v) is 9.92. The van der Waals surface area contributed by atoms with Gasteiger partial charge in [0.15, 0.2) is 0 Å². The summed E-state index contributed by atoms with van der Waals surface area (Å²) >= 11 is 0. The van der Waals surface area contributed by atoms with Gasteiger partial charge in [-0.05, 0) is 74.3 Å². The smallest absolute Gasteiger partial charge is 0.253 e.